The average molecular weight is 187 g/mol. The fourth-order valence-corrected chi connectivity index (χ4v) is 1.15. The van der Waals surface area contributed by atoms with Crippen LogP contribution < -0.4 is 4.74 Å². The predicted molar refractivity (Wildman–Crippen MR) is 51.8 cm³/mol. The zero-order valence-corrected chi connectivity index (χ0v) is 7.71. The highest BCUT2D eigenvalue weighted by atomic mass is 16.5. The molecule has 4 heteroatoms. The minimum atomic E-state index is 0.492. The SMILES string of the molecule is COc1nccnc1-c1ccccn1. The Morgan fingerprint density at radius 2 is 1.86 bits per heavy atom. The van der Waals surface area contributed by atoms with Crippen LogP contribution in [0.2, 0.25) is 0 Å². The third-order valence-electron chi connectivity index (χ3n) is 1.77. The molecule has 2 aromatic heterocycles. The van der Waals surface area contributed by atoms with Gasteiger partial charge in [-0.2, -0.15) is 0 Å². The molecule has 0 aliphatic carbocycles. The number of methoxy groups -OCH3 is 1. The fraction of sp³-hybridized carbons (Fsp3) is 0.100. The number of pyridine rings is 1. The molecule has 0 atom stereocenters. The van der Waals surface area contributed by atoms with Crippen LogP contribution in [-0.2, 0) is 0 Å². The van der Waals surface area contributed by atoms with E-state index < -0.39 is 0 Å². The van der Waals surface area contributed by atoms with Crippen molar-refractivity contribution in [1.82, 2.24) is 15.0 Å². The first-order chi connectivity index (χ1) is 6.92. The van der Waals surface area contributed by atoms with Crippen LogP contribution in [0.5, 0.6) is 5.88 Å². The van der Waals surface area contributed by atoms with Crippen molar-refractivity contribution < 1.29 is 4.74 Å². The summed E-state index contributed by atoms with van der Waals surface area (Å²) in [5, 5.41) is 0. The van der Waals surface area contributed by atoms with Crippen molar-refractivity contribution in [1.29, 1.82) is 0 Å². The predicted octanol–water partition coefficient (Wildman–Crippen LogP) is 1.55. The van der Waals surface area contributed by atoms with E-state index in [4.69, 9.17) is 4.74 Å². The Morgan fingerprint density at radius 1 is 1.00 bits per heavy atom. The summed E-state index contributed by atoms with van der Waals surface area (Å²) in [5.74, 6) is 0.492. The summed E-state index contributed by atoms with van der Waals surface area (Å²) in [5.41, 5.74) is 1.42. The van der Waals surface area contributed by atoms with Gasteiger partial charge in [-0.05, 0) is 12.1 Å². The molecule has 0 bridgehead atoms. The molecule has 0 amide bonds. The van der Waals surface area contributed by atoms with Crippen molar-refractivity contribution in [3.05, 3.63) is 36.8 Å². The van der Waals surface area contributed by atoms with Gasteiger partial charge in [-0.25, -0.2) is 9.97 Å². The van der Waals surface area contributed by atoms with Crippen LogP contribution in [0.25, 0.3) is 11.4 Å². The molecule has 0 unspecified atom stereocenters. The van der Waals surface area contributed by atoms with E-state index in [1.807, 2.05) is 18.2 Å². The first-order valence-corrected chi connectivity index (χ1v) is 4.18. The monoisotopic (exact) mass is 187 g/mol. The molecule has 0 fully saturated rings. The molecule has 0 saturated heterocycles. The van der Waals surface area contributed by atoms with Gasteiger partial charge in [-0.15, -0.1) is 0 Å². The van der Waals surface area contributed by atoms with Crippen molar-refractivity contribution in [2.24, 2.45) is 0 Å². The van der Waals surface area contributed by atoms with Gasteiger partial charge in [-0.1, -0.05) is 6.07 Å². The second-order valence-electron chi connectivity index (χ2n) is 2.63. The molecule has 0 N–H and O–H groups in total. The van der Waals surface area contributed by atoms with Crippen LogP contribution in [-0.4, -0.2) is 22.1 Å². The van der Waals surface area contributed by atoms with E-state index in [-0.39, 0.29) is 0 Å². The van der Waals surface area contributed by atoms with Gasteiger partial charge in [0.05, 0.1) is 12.8 Å². The highest BCUT2D eigenvalue weighted by Crippen LogP contribution is 2.21. The first kappa shape index (κ1) is 8.62. The molecule has 2 aromatic rings. The smallest absolute Gasteiger partial charge is 0.241 e. The molecule has 0 aliphatic heterocycles. The van der Waals surface area contributed by atoms with E-state index in [1.54, 1.807) is 25.7 Å². The van der Waals surface area contributed by atoms with Crippen LogP contribution >= 0.6 is 0 Å². The molecule has 0 spiro atoms. The van der Waals surface area contributed by atoms with E-state index in [9.17, 15) is 0 Å². The van der Waals surface area contributed by atoms with Gasteiger partial charge >= 0.3 is 0 Å². The molecule has 0 aliphatic rings. The zero-order valence-electron chi connectivity index (χ0n) is 7.71. The lowest BCUT2D eigenvalue weighted by atomic mass is 10.3. The fourth-order valence-electron chi connectivity index (χ4n) is 1.15. The van der Waals surface area contributed by atoms with Crippen molar-refractivity contribution in [2.45, 2.75) is 0 Å². The molecule has 2 rings (SSSR count). The molecule has 0 aromatic carbocycles. The second-order valence-corrected chi connectivity index (χ2v) is 2.63. The molecule has 14 heavy (non-hydrogen) atoms. The minimum Gasteiger partial charge on any atom is -0.479 e. The summed E-state index contributed by atoms with van der Waals surface area (Å²) < 4.78 is 5.09. The van der Waals surface area contributed by atoms with Crippen molar-refractivity contribution in [2.75, 3.05) is 7.11 Å². The largest absolute Gasteiger partial charge is 0.479 e. The number of hydrogen-bond acceptors (Lipinski definition) is 4. The summed E-state index contributed by atoms with van der Waals surface area (Å²) in [6, 6.07) is 5.62. The van der Waals surface area contributed by atoms with Crippen LogP contribution in [0, 0.1) is 0 Å². The lowest BCUT2D eigenvalue weighted by Crippen LogP contribution is -1.94. The van der Waals surface area contributed by atoms with E-state index in [0.717, 1.165) is 5.69 Å². The van der Waals surface area contributed by atoms with Gasteiger partial charge in [0.1, 0.15) is 0 Å². The van der Waals surface area contributed by atoms with Crippen molar-refractivity contribution >= 4 is 0 Å². The summed E-state index contributed by atoms with van der Waals surface area (Å²) in [6.07, 6.45) is 4.92. The third kappa shape index (κ3) is 1.54. The summed E-state index contributed by atoms with van der Waals surface area (Å²) in [7, 11) is 1.57. The molecular weight excluding hydrogens is 178 g/mol. The molecule has 0 saturated carbocycles. The van der Waals surface area contributed by atoms with E-state index in [2.05, 4.69) is 15.0 Å². The van der Waals surface area contributed by atoms with Crippen LogP contribution in [0.15, 0.2) is 36.8 Å². The maximum Gasteiger partial charge on any atom is 0.241 e. The summed E-state index contributed by atoms with van der Waals surface area (Å²) in [4.78, 5) is 12.4. The van der Waals surface area contributed by atoms with Crippen molar-refractivity contribution in [3.63, 3.8) is 0 Å². The van der Waals surface area contributed by atoms with E-state index in [0.29, 0.717) is 11.6 Å². The Morgan fingerprint density at radius 3 is 2.57 bits per heavy atom. The topological polar surface area (TPSA) is 47.9 Å². The van der Waals surface area contributed by atoms with Crippen LogP contribution in [0.4, 0.5) is 0 Å². The number of rotatable bonds is 2. The average Bonchev–Trinajstić information content (AvgIpc) is 2.30. The third-order valence-corrected chi connectivity index (χ3v) is 1.77. The van der Waals surface area contributed by atoms with Crippen LogP contribution in [0.1, 0.15) is 0 Å². The molecule has 0 radical (unpaired) electrons. The molecule has 2 heterocycles. The second kappa shape index (κ2) is 3.83. The minimum absolute atomic E-state index is 0.492. The zero-order chi connectivity index (χ0) is 9.80. The highest BCUT2D eigenvalue weighted by Gasteiger charge is 2.07. The lowest BCUT2D eigenvalue weighted by Gasteiger charge is -2.03. The van der Waals surface area contributed by atoms with Gasteiger partial charge in [0, 0.05) is 18.6 Å². The van der Waals surface area contributed by atoms with Crippen molar-refractivity contribution in [3.8, 4) is 17.3 Å². The number of nitrogens with zero attached hydrogens (tertiary/aromatic N) is 3. The van der Waals surface area contributed by atoms with Gasteiger partial charge < -0.3 is 4.74 Å². The van der Waals surface area contributed by atoms with Gasteiger partial charge in [0.2, 0.25) is 5.88 Å². The molecule has 70 valence electrons. The Bertz CT molecular complexity index is 417. The van der Waals surface area contributed by atoms with E-state index >= 15 is 0 Å². The van der Waals surface area contributed by atoms with Gasteiger partial charge in [-0.3, -0.25) is 4.98 Å². The Hall–Kier alpha value is -1.97. The normalized spacial score (nSPS) is 9.79. The maximum atomic E-state index is 5.09. The molecule has 4 nitrogen and oxygen atoms in total. The lowest BCUT2D eigenvalue weighted by molar-refractivity contribution is 0.397. The van der Waals surface area contributed by atoms with Crippen LogP contribution in [0.3, 0.4) is 0 Å². The number of aromatic nitrogens is 3. The van der Waals surface area contributed by atoms with E-state index in [1.165, 1.54) is 0 Å². The quantitative estimate of drug-likeness (QED) is 0.715. The molecular formula is C10H9N3O. The van der Waals surface area contributed by atoms with Gasteiger partial charge in [0.25, 0.3) is 0 Å². The highest BCUT2D eigenvalue weighted by molar-refractivity contribution is 5.59. The summed E-state index contributed by atoms with van der Waals surface area (Å²) in [6.45, 7) is 0. The number of ether oxygens (including phenoxy) is 1. The standard InChI is InChI=1S/C10H9N3O/c1-14-10-9(12-6-7-13-10)8-4-2-3-5-11-8/h2-7H,1H3. The Balaban J connectivity index is 2.51. The Labute approximate surface area is 81.6 Å². The Kier molecular flexibility index (Phi) is 2.36. The first-order valence-electron chi connectivity index (χ1n) is 4.18. The number of hydrogen-bond donors (Lipinski definition) is 0. The maximum absolute atomic E-state index is 5.09. The summed E-state index contributed by atoms with van der Waals surface area (Å²) >= 11 is 0. The van der Waals surface area contributed by atoms with Gasteiger partial charge in [0.15, 0.2) is 5.69 Å².